The van der Waals surface area contributed by atoms with Gasteiger partial charge in [-0.25, -0.2) is 4.98 Å². The number of anilines is 1. The van der Waals surface area contributed by atoms with Gasteiger partial charge in [0.2, 0.25) is 0 Å². The van der Waals surface area contributed by atoms with Gasteiger partial charge in [0.05, 0.1) is 12.3 Å². The van der Waals surface area contributed by atoms with Crippen molar-refractivity contribution in [3.8, 4) is 0 Å². The van der Waals surface area contributed by atoms with Crippen LogP contribution >= 0.6 is 0 Å². The summed E-state index contributed by atoms with van der Waals surface area (Å²) in [5.41, 5.74) is 0.724. The minimum atomic E-state index is 0.000432. The number of nitrogens with zero attached hydrogens (tertiary/aromatic N) is 2. The zero-order chi connectivity index (χ0) is 10.7. The van der Waals surface area contributed by atoms with E-state index in [1.165, 1.54) is 12.8 Å². The zero-order valence-corrected chi connectivity index (χ0v) is 8.76. The summed E-state index contributed by atoms with van der Waals surface area (Å²) in [4.78, 5) is 6.64. The highest BCUT2D eigenvalue weighted by Gasteiger charge is 2.29. The molecule has 1 aromatic heterocycles. The molecular formula is C12H16N2O. The monoisotopic (exact) mass is 204 g/mol. The van der Waals surface area contributed by atoms with Crippen LogP contribution in [0.15, 0.2) is 30.9 Å². The number of aromatic nitrogens is 1. The third-order valence-electron chi connectivity index (χ3n) is 2.56. The molecule has 0 atom stereocenters. The highest BCUT2D eigenvalue weighted by atomic mass is 16.3. The van der Waals surface area contributed by atoms with Crippen LogP contribution in [0.25, 0.3) is 0 Å². The summed E-state index contributed by atoms with van der Waals surface area (Å²) in [6.45, 7) is 4.59. The molecule has 3 heteroatoms. The largest absolute Gasteiger partial charge is 0.390 e. The van der Waals surface area contributed by atoms with E-state index >= 15 is 0 Å². The fourth-order valence-corrected chi connectivity index (χ4v) is 1.67. The predicted octanol–water partition coefficient (Wildman–Crippen LogP) is 1.73. The van der Waals surface area contributed by atoms with Crippen LogP contribution in [0.3, 0.4) is 0 Å². The second kappa shape index (κ2) is 4.45. The quantitative estimate of drug-likeness (QED) is 0.742. The Hall–Kier alpha value is -1.35. The molecular weight excluding hydrogens is 188 g/mol. The molecule has 3 nitrogen and oxygen atoms in total. The number of aliphatic hydroxyl groups is 1. The molecule has 1 saturated carbocycles. The third-order valence-corrected chi connectivity index (χ3v) is 2.56. The second-order valence-electron chi connectivity index (χ2n) is 3.82. The summed E-state index contributed by atoms with van der Waals surface area (Å²) in [5.74, 6) is 0.948. The average molecular weight is 204 g/mol. The second-order valence-corrected chi connectivity index (χ2v) is 3.82. The first-order chi connectivity index (χ1) is 7.35. The summed E-state index contributed by atoms with van der Waals surface area (Å²) in [6.07, 6.45) is 4.36. The van der Waals surface area contributed by atoms with E-state index in [9.17, 15) is 0 Å². The topological polar surface area (TPSA) is 36.4 Å². The van der Waals surface area contributed by atoms with E-state index in [4.69, 9.17) is 5.11 Å². The van der Waals surface area contributed by atoms with Gasteiger partial charge in [0.1, 0.15) is 5.82 Å². The number of hydrogen-bond acceptors (Lipinski definition) is 3. The van der Waals surface area contributed by atoms with Crippen LogP contribution in [0, 0.1) is 0 Å². The van der Waals surface area contributed by atoms with Gasteiger partial charge >= 0.3 is 0 Å². The number of hydrogen-bond donors (Lipinski definition) is 1. The van der Waals surface area contributed by atoms with Crippen molar-refractivity contribution in [3.63, 3.8) is 0 Å². The lowest BCUT2D eigenvalue weighted by Crippen LogP contribution is -2.26. The van der Waals surface area contributed by atoms with Crippen LogP contribution in [0.2, 0.25) is 0 Å². The van der Waals surface area contributed by atoms with E-state index in [0.29, 0.717) is 6.04 Å². The van der Waals surface area contributed by atoms with E-state index in [0.717, 1.165) is 18.1 Å². The minimum absolute atomic E-state index is 0.000432. The van der Waals surface area contributed by atoms with Crippen LogP contribution in [0.1, 0.15) is 18.5 Å². The van der Waals surface area contributed by atoms with Crippen LogP contribution < -0.4 is 4.90 Å². The first-order valence-corrected chi connectivity index (χ1v) is 5.29. The first-order valence-electron chi connectivity index (χ1n) is 5.29. The van der Waals surface area contributed by atoms with Crippen LogP contribution in [-0.4, -0.2) is 22.7 Å². The van der Waals surface area contributed by atoms with E-state index < -0.39 is 0 Å². The fraction of sp³-hybridized carbons (Fsp3) is 0.417. The first kappa shape index (κ1) is 10.2. The van der Waals surface area contributed by atoms with Gasteiger partial charge in [-0.2, -0.15) is 0 Å². The normalized spacial score (nSPS) is 15.0. The lowest BCUT2D eigenvalue weighted by atomic mass is 10.3. The van der Waals surface area contributed by atoms with Crippen molar-refractivity contribution >= 4 is 5.82 Å². The Morgan fingerprint density at radius 3 is 2.93 bits per heavy atom. The number of pyridine rings is 1. The van der Waals surface area contributed by atoms with Crippen molar-refractivity contribution in [2.75, 3.05) is 11.4 Å². The molecule has 1 aliphatic carbocycles. The molecule has 1 N–H and O–H groups in total. The van der Waals surface area contributed by atoms with Crippen molar-refractivity contribution in [1.82, 2.24) is 4.98 Å². The Kier molecular flexibility index (Phi) is 3.02. The molecule has 0 aliphatic heterocycles. The third kappa shape index (κ3) is 2.36. The maximum Gasteiger partial charge on any atom is 0.129 e. The van der Waals surface area contributed by atoms with Gasteiger partial charge in [0.25, 0.3) is 0 Å². The van der Waals surface area contributed by atoms with Crippen LogP contribution in [-0.2, 0) is 6.61 Å². The molecule has 1 aromatic rings. The maximum atomic E-state index is 9.03. The molecule has 0 radical (unpaired) electrons. The van der Waals surface area contributed by atoms with Gasteiger partial charge in [0.15, 0.2) is 0 Å². The van der Waals surface area contributed by atoms with Crippen LogP contribution in [0.5, 0.6) is 0 Å². The van der Waals surface area contributed by atoms with Crippen molar-refractivity contribution in [3.05, 3.63) is 36.5 Å². The van der Waals surface area contributed by atoms with Gasteiger partial charge in [-0.15, -0.1) is 6.58 Å². The Labute approximate surface area is 90.1 Å². The summed E-state index contributed by atoms with van der Waals surface area (Å²) in [7, 11) is 0. The standard InChI is InChI=1S/C12H16N2O/c1-2-8-14(11-6-7-11)12-5-3-4-10(9-15)13-12/h2-5,11,15H,1,6-9H2. The maximum absolute atomic E-state index is 9.03. The number of rotatable bonds is 5. The van der Waals surface area contributed by atoms with Gasteiger partial charge in [-0.1, -0.05) is 12.1 Å². The minimum Gasteiger partial charge on any atom is -0.390 e. The van der Waals surface area contributed by atoms with E-state index in [-0.39, 0.29) is 6.61 Å². The molecule has 1 fully saturated rings. The highest BCUT2D eigenvalue weighted by Crippen LogP contribution is 2.30. The molecule has 0 aromatic carbocycles. The van der Waals surface area contributed by atoms with E-state index in [1.807, 2.05) is 24.3 Å². The fourth-order valence-electron chi connectivity index (χ4n) is 1.67. The smallest absolute Gasteiger partial charge is 0.129 e. The Morgan fingerprint density at radius 2 is 2.33 bits per heavy atom. The number of aliphatic hydroxyl groups excluding tert-OH is 1. The Morgan fingerprint density at radius 1 is 1.53 bits per heavy atom. The molecule has 0 unspecified atom stereocenters. The van der Waals surface area contributed by atoms with Crippen molar-refractivity contribution in [2.24, 2.45) is 0 Å². The highest BCUT2D eigenvalue weighted by molar-refractivity contribution is 5.42. The average Bonchev–Trinajstić information content (AvgIpc) is 3.10. The molecule has 2 rings (SSSR count). The van der Waals surface area contributed by atoms with Crippen LogP contribution in [0.4, 0.5) is 5.82 Å². The summed E-state index contributed by atoms with van der Waals surface area (Å²) < 4.78 is 0. The van der Waals surface area contributed by atoms with Gasteiger partial charge in [-0.3, -0.25) is 0 Å². The van der Waals surface area contributed by atoms with Crippen molar-refractivity contribution < 1.29 is 5.11 Å². The van der Waals surface area contributed by atoms with Gasteiger partial charge in [-0.05, 0) is 25.0 Å². The summed E-state index contributed by atoms with van der Waals surface area (Å²) in [6, 6.07) is 6.37. The van der Waals surface area contributed by atoms with Crippen molar-refractivity contribution in [2.45, 2.75) is 25.5 Å². The molecule has 1 aliphatic rings. The van der Waals surface area contributed by atoms with Crippen molar-refractivity contribution in [1.29, 1.82) is 0 Å². The van der Waals surface area contributed by atoms with Gasteiger partial charge in [0, 0.05) is 12.6 Å². The Bertz CT molecular complexity index is 347. The molecule has 0 spiro atoms. The molecule has 0 saturated heterocycles. The van der Waals surface area contributed by atoms with Gasteiger partial charge < -0.3 is 10.0 Å². The lowest BCUT2D eigenvalue weighted by Gasteiger charge is -2.22. The lowest BCUT2D eigenvalue weighted by molar-refractivity contribution is 0.277. The SMILES string of the molecule is C=CCN(c1cccc(CO)n1)C1CC1. The predicted molar refractivity (Wildman–Crippen MR) is 60.7 cm³/mol. The molecule has 15 heavy (non-hydrogen) atoms. The molecule has 0 amide bonds. The molecule has 80 valence electrons. The van der Waals surface area contributed by atoms with E-state index in [2.05, 4.69) is 16.5 Å². The summed E-state index contributed by atoms with van der Waals surface area (Å²) in [5, 5.41) is 9.03. The molecule has 0 bridgehead atoms. The summed E-state index contributed by atoms with van der Waals surface area (Å²) >= 11 is 0. The zero-order valence-electron chi connectivity index (χ0n) is 8.76. The molecule has 1 heterocycles. The Balaban J connectivity index is 2.20. The van der Waals surface area contributed by atoms with E-state index in [1.54, 1.807) is 0 Å².